The van der Waals surface area contributed by atoms with Crippen LogP contribution in [0, 0.1) is 6.92 Å². The lowest BCUT2D eigenvalue weighted by atomic mass is 10.2. The van der Waals surface area contributed by atoms with Crippen LogP contribution in [-0.4, -0.2) is 22.8 Å². The maximum Gasteiger partial charge on any atom is 0.228 e. The van der Waals surface area contributed by atoms with E-state index in [2.05, 4.69) is 0 Å². The number of hydrogen-bond donors (Lipinski definition) is 0. The number of thioether (sulfide) groups is 1. The molecule has 1 fully saturated rings. The van der Waals surface area contributed by atoms with Crippen LogP contribution in [0.1, 0.15) is 18.9 Å². The Hall–Kier alpha value is -1.29. The Morgan fingerprint density at radius 2 is 2.00 bits per heavy atom. The van der Waals surface area contributed by atoms with Gasteiger partial charge in [0.1, 0.15) is 0 Å². The molecule has 1 amide bonds. The molecule has 4 heteroatoms. The van der Waals surface area contributed by atoms with Gasteiger partial charge in [-0.25, -0.2) is 0 Å². The lowest BCUT2D eigenvalue weighted by Gasteiger charge is -2.16. The molecular formula is C13H15NO2S. The summed E-state index contributed by atoms with van der Waals surface area (Å²) >= 11 is 1.27. The Morgan fingerprint density at radius 3 is 2.59 bits per heavy atom. The van der Waals surface area contributed by atoms with E-state index in [1.54, 1.807) is 11.8 Å². The fraction of sp³-hybridized carbons (Fsp3) is 0.385. The number of nitrogens with zero attached hydrogens (tertiary/aromatic N) is 1. The minimum absolute atomic E-state index is 0.0774. The lowest BCUT2D eigenvalue weighted by molar-refractivity contribution is -0.117. The normalized spacial score (nSPS) is 19.8. The van der Waals surface area contributed by atoms with Crippen LogP contribution in [0.3, 0.4) is 0 Å². The maximum atomic E-state index is 11.9. The summed E-state index contributed by atoms with van der Waals surface area (Å²) in [5.41, 5.74) is 2.10. The van der Waals surface area contributed by atoms with Gasteiger partial charge in [0, 0.05) is 30.8 Å². The fourth-order valence-electron chi connectivity index (χ4n) is 1.96. The highest BCUT2D eigenvalue weighted by atomic mass is 32.2. The van der Waals surface area contributed by atoms with Crippen LogP contribution in [0.5, 0.6) is 0 Å². The second kappa shape index (κ2) is 4.92. The van der Waals surface area contributed by atoms with E-state index < -0.39 is 0 Å². The van der Waals surface area contributed by atoms with E-state index in [9.17, 15) is 9.59 Å². The average molecular weight is 249 g/mol. The van der Waals surface area contributed by atoms with Crippen LogP contribution >= 0.6 is 11.8 Å². The first-order valence-corrected chi connectivity index (χ1v) is 6.48. The van der Waals surface area contributed by atoms with Crippen molar-refractivity contribution in [1.82, 2.24) is 0 Å². The van der Waals surface area contributed by atoms with E-state index in [1.165, 1.54) is 17.3 Å². The fourth-order valence-corrected chi connectivity index (χ4v) is 2.88. The molecule has 17 heavy (non-hydrogen) atoms. The minimum atomic E-state index is 0.0774. The minimum Gasteiger partial charge on any atom is -0.311 e. The van der Waals surface area contributed by atoms with Gasteiger partial charge in [-0.15, -0.1) is 0 Å². The average Bonchev–Trinajstić information content (AvgIpc) is 2.59. The Labute approximate surface area is 105 Å². The van der Waals surface area contributed by atoms with E-state index in [1.807, 2.05) is 31.2 Å². The van der Waals surface area contributed by atoms with E-state index in [-0.39, 0.29) is 16.3 Å². The van der Waals surface area contributed by atoms with E-state index >= 15 is 0 Å². The largest absolute Gasteiger partial charge is 0.311 e. The number of amides is 1. The zero-order chi connectivity index (χ0) is 12.4. The van der Waals surface area contributed by atoms with Crippen LogP contribution < -0.4 is 4.90 Å². The number of rotatable bonds is 2. The third kappa shape index (κ3) is 2.88. The number of anilines is 1. The molecule has 1 heterocycles. The van der Waals surface area contributed by atoms with E-state index in [4.69, 9.17) is 0 Å². The van der Waals surface area contributed by atoms with Gasteiger partial charge in [-0.2, -0.15) is 0 Å². The first-order valence-electron chi connectivity index (χ1n) is 5.60. The second-order valence-electron chi connectivity index (χ2n) is 4.28. The number of carbonyl (C=O) groups is 2. The predicted octanol–water partition coefficient (Wildman–Crippen LogP) is 2.38. The van der Waals surface area contributed by atoms with Crippen molar-refractivity contribution in [3.05, 3.63) is 29.8 Å². The van der Waals surface area contributed by atoms with Gasteiger partial charge in [-0.3, -0.25) is 9.59 Å². The molecule has 0 radical (unpaired) electrons. The molecule has 0 aromatic heterocycles. The molecule has 1 saturated heterocycles. The SMILES string of the molecule is CC(=O)SC1CC(=O)N(c2ccc(C)cc2)C1. The standard InChI is InChI=1S/C13H15NO2S/c1-9-3-5-11(6-4-9)14-8-12(7-13(14)16)17-10(2)15/h3-6,12H,7-8H2,1-2H3. The van der Waals surface area contributed by atoms with Crippen LogP contribution in [-0.2, 0) is 9.59 Å². The highest BCUT2D eigenvalue weighted by Crippen LogP contribution is 2.28. The van der Waals surface area contributed by atoms with Gasteiger partial charge in [0.25, 0.3) is 0 Å². The summed E-state index contributed by atoms with van der Waals surface area (Å²) in [6, 6.07) is 7.89. The summed E-state index contributed by atoms with van der Waals surface area (Å²) in [5, 5.41) is 0.176. The first-order chi connectivity index (χ1) is 8.06. The molecule has 1 atom stereocenters. The zero-order valence-corrected chi connectivity index (χ0v) is 10.8. The first kappa shape index (κ1) is 12.2. The number of aryl methyl sites for hydroxylation is 1. The Balaban J connectivity index is 2.10. The van der Waals surface area contributed by atoms with Crippen molar-refractivity contribution in [2.75, 3.05) is 11.4 Å². The predicted molar refractivity (Wildman–Crippen MR) is 70.2 cm³/mol. The third-order valence-electron chi connectivity index (χ3n) is 2.77. The quantitative estimate of drug-likeness (QED) is 0.807. The molecule has 1 aliphatic heterocycles. The van der Waals surface area contributed by atoms with Gasteiger partial charge in [0.2, 0.25) is 5.91 Å². The van der Waals surface area contributed by atoms with Gasteiger partial charge >= 0.3 is 0 Å². The topological polar surface area (TPSA) is 37.4 Å². The Kier molecular flexibility index (Phi) is 3.52. The van der Waals surface area contributed by atoms with Crippen molar-refractivity contribution in [3.8, 4) is 0 Å². The number of benzene rings is 1. The van der Waals surface area contributed by atoms with Crippen LogP contribution in [0.4, 0.5) is 5.69 Å². The summed E-state index contributed by atoms with van der Waals surface area (Å²) in [6.45, 7) is 4.19. The summed E-state index contributed by atoms with van der Waals surface area (Å²) in [6.07, 6.45) is 0.456. The molecule has 0 saturated carbocycles. The van der Waals surface area contributed by atoms with E-state index in [0.29, 0.717) is 13.0 Å². The molecule has 90 valence electrons. The van der Waals surface area contributed by atoms with Crippen molar-refractivity contribution in [1.29, 1.82) is 0 Å². The summed E-state index contributed by atoms with van der Waals surface area (Å²) in [5.74, 6) is 0.104. The third-order valence-corrected chi connectivity index (χ3v) is 3.75. The summed E-state index contributed by atoms with van der Waals surface area (Å²) in [7, 11) is 0. The molecular weight excluding hydrogens is 234 g/mol. The lowest BCUT2D eigenvalue weighted by Crippen LogP contribution is -2.24. The highest BCUT2D eigenvalue weighted by molar-refractivity contribution is 8.14. The molecule has 1 unspecified atom stereocenters. The molecule has 1 aliphatic rings. The van der Waals surface area contributed by atoms with Crippen molar-refractivity contribution in [2.24, 2.45) is 0 Å². The van der Waals surface area contributed by atoms with Crippen LogP contribution in [0.2, 0.25) is 0 Å². The summed E-state index contributed by atoms with van der Waals surface area (Å²) in [4.78, 5) is 24.6. The second-order valence-corrected chi connectivity index (χ2v) is 5.75. The van der Waals surface area contributed by atoms with Crippen molar-refractivity contribution in [2.45, 2.75) is 25.5 Å². The number of hydrogen-bond acceptors (Lipinski definition) is 3. The monoisotopic (exact) mass is 249 g/mol. The summed E-state index contributed by atoms with van der Waals surface area (Å²) < 4.78 is 0. The molecule has 0 aliphatic carbocycles. The van der Waals surface area contributed by atoms with Crippen LogP contribution in [0.15, 0.2) is 24.3 Å². The van der Waals surface area contributed by atoms with Gasteiger partial charge in [-0.05, 0) is 19.1 Å². The molecule has 0 bridgehead atoms. The number of carbonyl (C=O) groups excluding carboxylic acids is 2. The molecule has 2 rings (SSSR count). The van der Waals surface area contributed by atoms with Gasteiger partial charge in [0.15, 0.2) is 5.12 Å². The van der Waals surface area contributed by atoms with Crippen molar-refractivity contribution in [3.63, 3.8) is 0 Å². The zero-order valence-electron chi connectivity index (χ0n) is 9.97. The highest BCUT2D eigenvalue weighted by Gasteiger charge is 2.31. The van der Waals surface area contributed by atoms with Crippen molar-refractivity contribution < 1.29 is 9.59 Å². The molecule has 3 nitrogen and oxygen atoms in total. The van der Waals surface area contributed by atoms with Gasteiger partial charge in [-0.1, -0.05) is 29.5 Å². The molecule has 0 N–H and O–H groups in total. The molecule has 1 aromatic carbocycles. The maximum absolute atomic E-state index is 11.9. The smallest absolute Gasteiger partial charge is 0.228 e. The van der Waals surface area contributed by atoms with Crippen LogP contribution in [0.25, 0.3) is 0 Å². The molecule has 1 aromatic rings. The van der Waals surface area contributed by atoms with E-state index in [0.717, 1.165) is 5.69 Å². The van der Waals surface area contributed by atoms with Crippen molar-refractivity contribution >= 4 is 28.5 Å². The van der Waals surface area contributed by atoms with Gasteiger partial charge in [0.05, 0.1) is 0 Å². The Bertz CT molecular complexity index is 441. The molecule has 0 spiro atoms. The van der Waals surface area contributed by atoms with Gasteiger partial charge < -0.3 is 4.90 Å². The Morgan fingerprint density at radius 1 is 1.35 bits per heavy atom.